The Hall–Kier alpha value is -1.78. The highest BCUT2D eigenvalue weighted by Gasteiger charge is 2.24. The Balaban J connectivity index is 1.60. The Morgan fingerprint density at radius 2 is 1.92 bits per heavy atom. The van der Waals surface area contributed by atoms with Crippen LogP contribution in [-0.2, 0) is 6.54 Å². The Morgan fingerprint density at radius 3 is 2.60 bits per heavy atom. The number of nitrogens with one attached hydrogen (secondary N) is 1. The molecular formula is C20H33N5. The third-order valence-electron chi connectivity index (χ3n) is 5.32. The van der Waals surface area contributed by atoms with Gasteiger partial charge in [-0.1, -0.05) is 13.8 Å². The van der Waals surface area contributed by atoms with Crippen LogP contribution in [0.4, 0.5) is 5.82 Å². The molecule has 138 valence electrons. The standard InChI is InChI=1S/C20H33N5/c1-16-11-17(2)15-25(14-16)20(21-3)23-13-18-7-8-22-19(12-18)24-9-5-4-6-10-24/h7-8,12,16-17H,4-6,9-11,13-15H2,1-3H3,(H,21,23). The SMILES string of the molecule is CN=C(NCc1ccnc(N2CCCCC2)c1)N1CC(C)CC(C)C1. The summed E-state index contributed by atoms with van der Waals surface area (Å²) >= 11 is 0. The van der Waals surface area contributed by atoms with Gasteiger partial charge in [0.15, 0.2) is 5.96 Å². The lowest BCUT2D eigenvalue weighted by molar-refractivity contribution is 0.208. The Morgan fingerprint density at radius 1 is 1.20 bits per heavy atom. The maximum Gasteiger partial charge on any atom is 0.193 e. The fraction of sp³-hybridized carbons (Fsp3) is 0.700. The van der Waals surface area contributed by atoms with E-state index in [1.807, 2.05) is 13.2 Å². The molecule has 0 amide bonds. The van der Waals surface area contributed by atoms with E-state index in [2.05, 4.69) is 51.1 Å². The van der Waals surface area contributed by atoms with Gasteiger partial charge in [-0.25, -0.2) is 4.98 Å². The number of piperidine rings is 2. The van der Waals surface area contributed by atoms with E-state index in [1.54, 1.807) is 0 Å². The molecule has 0 aliphatic carbocycles. The molecule has 3 rings (SSSR count). The van der Waals surface area contributed by atoms with Gasteiger partial charge in [0.05, 0.1) is 0 Å². The maximum absolute atomic E-state index is 4.58. The molecule has 2 fully saturated rings. The molecule has 0 radical (unpaired) electrons. The number of rotatable bonds is 3. The first-order valence-electron chi connectivity index (χ1n) is 9.81. The van der Waals surface area contributed by atoms with Gasteiger partial charge >= 0.3 is 0 Å². The van der Waals surface area contributed by atoms with Gasteiger partial charge in [-0.05, 0) is 55.2 Å². The molecule has 2 unspecified atom stereocenters. The van der Waals surface area contributed by atoms with Crippen LogP contribution in [0.2, 0.25) is 0 Å². The van der Waals surface area contributed by atoms with Gasteiger partial charge in [-0.15, -0.1) is 0 Å². The third-order valence-corrected chi connectivity index (χ3v) is 5.32. The van der Waals surface area contributed by atoms with Crippen LogP contribution >= 0.6 is 0 Å². The summed E-state index contributed by atoms with van der Waals surface area (Å²) in [5, 5.41) is 3.56. The first-order valence-corrected chi connectivity index (χ1v) is 9.81. The zero-order chi connectivity index (χ0) is 17.6. The van der Waals surface area contributed by atoms with Gasteiger partial charge < -0.3 is 15.1 Å². The van der Waals surface area contributed by atoms with Crippen molar-refractivity contribution in [1.82, 2.24) is 15.2 Å². The van der Waals surface area contributed by atoms with E-state index < -0.39 is 0 Å². The fourth-order valence-electron chi connectivity index (χ4n) is 4.22. The zero-order valence-corrected chi connectivity index (χ0v) is 16.0. The molecule has 0 aromatic carbocycles. The molecule has 5 heteroatoms. The van der Waals surface area contributed by atoms with Crippen molar-refractivity contribution in [3.05, 3.63) is 23.9 Å². The van der Waals surface area contributed by atoms with Crippen molar-refractivity contribution in [1.29, 1.82) is 0 Å². The fourth-order valence-corrected chi connectivity index (χ4v) is 4.22. The predicted octanol–water partition coefficient (Wildman–Crippen LogP) is 3.13. The van der Waals surface area contributed by atoms with Gasteiger partial charge in [0.1, 0.15) is 5.82 Å². The number of pyridine rings is 1. The number of anilines is 1. The predicted molar refractivity (Wildman–Crippen MR) is 105 cm³/mol. The normalized spacial score (nSPS) is 25.2. The van der Waals surface area contributed by atoms with Crippen molar-refractivity contribution in [3.63, 3.8) is 0 Å². The molecule has 25 heavy (non-hydrogen) atoms. The second-order valence-corrected chi connectivity index (χ2v) is 7.82. The van der Waals surface area contributed by atoms with E-state index in [1.165, 1.54) is 31.2 Å². The van der Waals surface area contributed by atoms with Gasteiger partial charge in [0, 0.05) is 46.0 Å². The Labute approximate surface area is 152 Å². The second-order valence-electron chi connectivity index (χ2n) is 7.82. The highest BCUT2D eigenvalue weighted by Crippen LogP contribution is 2.21. The molecule has 2 saturated heterocycles. The second kappa shape index (κ2) is 8.54. The minimum Gasteiger partial charge on any atom is -0.357 e. The van der Waals surface area contributed by atoms with Crippen molar-refractivity contribution in [2.45, 2.75) is 46.1 Å². The molecular weight excluding hydrogens is 310 g/mol. The summed E-state index contributed by atoms with van der Waals surface area (Å²) in [6.07, 6.45) is 7.16. The monoisotopic (exact) mass is 343 g/mol. The van der Waals surface area contributed by atoms with E-state index in [0.29, 0.717) is 0 Å². The summed E-state index contributed by atoms with van der Waals surface area (Å²) < 4.78 is 0. The molecule has 2 atom stereocenters. The third kappa shape index (κ3) is 4.86. The first-order chi connectivity index (χ1) is 12.2. The average molecular weight is 344 g/mol. The molecule has 3 heterocycles. The number of aromatic nitrogens is 1. The van der Waals surface area contributed by atoms with Crippen LogP contribution in [0, 0.1) is 11.8 Å². The highest BCUT2D eigenvalue weighted by atomic mass is 15.3. The molecule has 1 N–H and O–H groups in total. The molecule has 5 nitrogen and oxygen atoms in total. The van der Waals surface area contributed by atoms with Gasteiger partial charge in [0.25, 0.3) is 0 Å². The molecule has 2 aliphatic heterocycles. The zero-order valence-electron chi connectivity index (χ0n) is 16.0. The summed E-state index contributed by atoms with van der Waals surface area (Å²) in [5.74, 6) is 3.60. The van der Waals surface area contributed by atoms with Crippen molar-refractivity contribution < 1.29 is 0 Å². The smallest absolute Gasteiger partial charge is 0.193 e. The van der Waals surface area contributed by atoms with E-state index in [-0.39, 0.29) is 0 Å². The largest absolute Gasteiger partial charge is 0.357 e. The van der Waals surface area contributed by atoms with Crippen LogP contribution in [0.1, 0.15) is 45.1 Å². The number of likely N-dealkylation sites (tertiary alicyclic amines) is 1. The topological polar surface area (TPSA) is 43.8 Å². The lowest BCUT2D eigenvalue weighted by atomic mass is 9.92. The Bertz CT molecular complexity index is 569. The number of hydrogen-bond donors (Lipinski definition) is 1. The van der Waals surface area contributed by atoms with Crippen molar-refractivity contribution in [2.75, 3.05) is 38.1 Å². The van der Waals surface area contributed by atoms with Gasteiger partial charge in [0.2, 0.25) is 0 Å². The summed E-state index contributed by atoms with van der Waals surface area (Å²) in [6.45, 7) is 9.94. The number of guanidine groups is 1. The molecule has 2 aliphatic rings. The van der Waals surface area contributed by atoms with Crippen LogP contribution in [-0.4, -0.2) is 49.1 Å². The van der Waals surface area contributed by atoms with Crippen molar-refractivity contribution in [3.8, 4) is 0 Å². The lowest BCUT2D eigenvalue weighted by Crippen LogP contribution is -2.48. The minimum atomic E-state index is 0.730. The Kier molecular flexibility index (Phi) is 6.16. The average Bonchev–Trinajstić information content (AvgIpc) is 2.62. The number of hydrogen-bond acceptors (Lipinski definition) is 3. The molecule has 0 bridgehead atoms. The van der Waals surface area contributed by atoms with Crippen molar-refractivity contribution >= 4 is 11.8 Å². The summed E-state index contributed by atoms with van der Waals surface area (Å²) in [4.78, 5) is 13.9. The molecule has 1 aromatic heterocycles. The quantitative estimate of drug-likeness (QED) is 0.676. The summed E-state index contributed by atoms with van der Waals surface area (Å²) in [6, 6.07) is 4.34. The van der Waals surface area contributed by atoms with E-state index >= 15 is 0 Å². The van der Waals surface area contributed by atoms with Crippen LogP contribution in [0.25, 0.3) is 0 Å². The minimum absolute atomic E-state index is 0.730. The first kappa shape index (κ1) is 18.0. The van der Waals surface area contributed by atoms with E-state index in [0.717, 1.165) is 56.3 Å². The van der Waals surface area contributed by atoms with Crippen LogP contribution in [0.5, 0.6) is 0 Å². The summed E-state index contributed by atoms with van der Waals surface area (Å²) in [7, 11) is 1.89. The van der Waals surface area contributed by atoms with Crippen LogP contribution in [0.3, 0.4) is 0 Å². The molecule has 0 spiro atoms. The highest BCUT2D eigenvalue weighted by molar-refractivity contribution is 5.80. The van der Waals surface area contributed by atoms with Crippen LogP contribution in [0.15, 0.2) is 23.3 Å². The van der Waals surface area contributed by atoms with Gasteiger partial charge in [-0.3, -0.25) is 4.99 Å². The lowest BCUT2D eigenvalue weighted by Gasteiger charge is -2.37. The van der Waals surface area contributed by atoms with E-state index in [4.69, 9.17) is 0 Å². The summed E-state index contributed by atoms with van der Waals surface area (Å²) in [5.41, 5.74) is 1.27. The maximum atomic E-state index is 4.58. The number of aliphatic imine (C=N–C) groups is 1. The van der Waals surface area contributed by atoms with Crippen molar-refractivity contribution in [2.24, 2.45) is 16.8 Å². The van der Waals surface area contributed by atoms with Gasteiger partial charge in [-0.2, -0.15) is 0 Å². The van der Waals surface area contributed by atoms with E-state index in [9.17, 15) is 0 Å². The van der Waals surface area contributed by atoms with Crippen LogP contribution < -0.4 is 10.2 Å². The number of nitrogens with zero attached hydrogens (tertiary/aromatic N) is 4. The molecule has 1 aromatic rings. The molecule has 0 saturated carbocycles.